The highest BCUT2D eigenvalue weighted by Crippen LogP contribution is 2.23. The van der Waals surface area contributed by atoms with Crippen LogP contribution < -0.4 is 5.32 Å². The van der Waals surface area contributed by atoms with Gasteiger partial charge in [0.05, 0.1) is 6.04 Å². The van der Waals surface area contributed by atoms with E-state index in [1.54, 1.807) is 0 Å². The van der Waals surface area contributed by atoms with Gasteiger partial charge in [-0.3, -0.25) is 4.90 Å². The van der Waals surface area contributed by atoms with E-state index in [4.69, 9.17) is 4.52 Å². The van der Waals surface area contributed by atoms with Gasteiger partial charge in [0, 0.05) is 31.7 Å². The number of piperazine rings is 1. The summed E-state index contributed by atoms with van der Waals surface area (Å²) in [6.07, 6.45) is 0. The monoisotopic (exact) mass is 272 g/mol. The molecule has 0 saturated carbocycles. The van der Waals surface area contributed by atoms with Crippen LogP contribution in [0.1, 0.15) is 24.4 Å². The zero-order valence-corrected chi connectivity index (χ0v) is 12.0. The fraction of sp³-hybridized carbons (Fsp3) is 0.467. The Hall–Kier alpha value is -1.72. The van der Waals surface area contributed by atoms with Gasteiger partial charge in [0.2, 0.25) is 11.7 Å². The molecular weight excluding hydrogens is 252 g/mol. The van der Waals surface area contributed by atoms with Crippen molar-refractivity contribution < 1.29 is 4.52 Å². The lowest BCUT2D eigenvalue weighted by Gasteiger charge is -2.30. The molecule has 3 rings (SSSR count). The molecule has 0 spiro atoms. The van der Waals surface area contributed by atoms with E-state index in [2.05, 4.69) is 46.3 Å². The molecule has 106 valence electrons. The van der Waals surface area contributed by atoms with Crippen LogP contribution in [-0.2, 0) is 0 Å². The molecule has 1 aliphatic heterocycles. The second-order valence-corrected chi connectivity index (χ2v) is 5.29. The summed E-state index contributed by atoms with van der Waals surface area (Å²) >= 11 is 0. The van der Waals surface area contributed by atoms with Crippen molar-refractivity contribution in [2.75, 3.05) is 26.2 Å². The third-order valence-electron chi connectivity index (χ3n) is 3.77. The van der Waals surface area contributed by atoms with Crippen LogP contribution in [0.4, 0.5) is 0 Å². The van der Waals surface area contributed by atoms with Crippen molar-refractivity contribution in [3.63, 3.8) is 0 Å². The third-order valence-corrected chi connectivity index (χ3v) is 3.77. The molecule has 5 nitrogen and oxygen atoms in total. The van der Waals surface area contributed by atoms with Crippen LogP contribution in [-0.4, -0.2) is 41.2 Å². The Morgan fingerprint density at radius 2 is 2.10 bits per heavy atom. The van der Waals surface area contributed by atoms with E-state index >= 15 is 0 Å². The predicted molar refractivity (Wildman–Crippen MR) is 77.3 cm³/mol. The van der Waals surface area contributed by atoms with Crippen LogP contribution >= 0.6 is 0 Å². The zero-order chi connectivity index (χ0) is 13.9. The van der Waals surface area contributed by atoms with E-state index in [9.17, 15) is 0 Å². The smallest absolute Gasteiger partial charge is 0.244 e. The van der Waals surface area contributed by atoms with Crippen molar-refractivity contribution in [1.82, 2.24) is 20.4 Å². The van der Waals surface area contributed by atoms with Gasteiger partial charge < -0.3 is 9.84 Å². The molecule has 1 unspecified atom stereocenters. The summed E-state index contributed by atoms with van der Waals surface area (Å²) in [4.78, 5) is 6.92. The fourth-order valence-electron chi connectivity index (χ4n) is 2.53. The first-order chi connectivity index (χ1) is 9.74. The molecule has 2 heterocycles. The summed E-state index contributed by atoms with van der Waals surface area (Å²) in [5.41, 5.74) is 2.21. The maximum Gasteiger partial charge on any atom is 0.244 e. The van der Waals surface area contributed by atoms with Crippen LogP contribution in [0.15, 0.2) is 28.8 Å². The van der Waals surface area contributed by atoms with Crippen LogP contribution in [0.2, 0.25) is 0 Å². The summed E-state index contributed by atoms with van der Waals surface area (Å²) in [6, 6.07) is 8.33. The lowest BCUT2D eigenvalue weighted by Crippen LogP contribution is -2.44. The first-order valence-electron chi connectivity index (χ1n) is 7.09. The summed E-state index contributed by atoms with van der Waals surface area (Å²) in [7, 11) is 0. The Bertz CT molecular complexity index is 575. The zero-order valence-electron chi connectivity index (χ0n) is 12.0. The molecule has 20 heavy (non-hydrogen) atoms. The molecular formula is C15H20N4O. The minimum absolute atomic E-state index is 0.170. The minimum atomic E-state index is 0.170. The van der Waals surface area contributed by atoms with Crippen molar-refractivity contribution in [3.05, 3.63) is 35.7 Å². The van der Waals surface area contributed by atoms with Crippen LogP contribution in [0.5, 0.6) is 0 Å². The van der Waals surface area contributed by atoms with Crippen molar-refractivity contribution in [3.8, 4) is 11.4 Å². The Balaban J connectivity index is 1.79. The van der Waals surface area contributed by atoms with Gasteiger partial charge in [-0.05, 0) is 19.9 Å². The van der Waals surface area contributed by atoms with E-state index in [0.29, 0.717) is 11.7 Å². The van der Waals surface area contributed by atoms with Crippen LogP contribution in [0, 0.1) is 6.92 Å². The first-order valence-corrected chi connectivity index (χ1v) is 7.09. The van der Waals surface area contributed by atoms with Crippen molar-refractivity contribution >= 4 is 0 Å². The van der Waals surface area contributed by atoms with Gasteiger partial charge in [0.1, 0.15) is 0 Å². The van der Waals surface area contributed by atoms with Gasteiger partial charge in [-0.2, -0.15) is 4.98 Å². The second-order valence-electron chi connectivity index (χ2n) is 5.29. The average Bonchev–Trinajstić information content (AvgIpc) is 2.97. The highest BCUT2D eigenvalue weighted by molar-refractivity contribution is 5.55. The van der Waals surface area contributed by atoms with Crippen LogP contribution in [0.25, 0.3) is 11.4 Å². The maximum atomic E-state index is 5.45. The van der Waals surface area contributed by atoms with Gasteiger partial charge in [0.25, 0.3) is 0 Å². The fourth-order valence-corrected chi connectivity index (χ4v) is 2.53. The van der Waals surface area contributed by atoms with Crippen LogP contribution in [0.3, 0.4) is 0 Å². The van der Waals surface area contributed by atoms with Crippen molar-refractivity contribution in [2.24, 2.45) is 0 Å². The summed E-state index contributed by atoms with van der Waals surface area (Å²) in [5.74, 6) is 1.37. The van der Waals surface area contributed by atoms with E-state index in [-0.39, 0.29) is 6.04 Å². The molecule has 0 aliphatic carbocycles. The second kappa shape index (κ2) is 5.73. The maximum absolute atomic E-state index is 5.45. The van der Waals surface area contributed by atoms with E-state index < -0.39 is 0 Å². The minimum Gasteiger partial charge on any atom is -0.337 e. The van der Waals surface area contributed by atoms with E-state index in [1.165, 1.54) is 5.56 Å². The average molecular weight is 272 g/mol. The highest BCUT2D eigenvalue weighted by atomic mass is 16.5. The lowest BCUT2D eigenvalue weighted by molar-refractivity contribution is 0.154. The molecule has 1 N–H and O–H groups in total. The number of hydrogen-bond donors (Lipinski definition) is 1. The van der Waals surface area contributed by atoms with Gasteiger partial charge in [0.15, 0.2) is 0 Å². The quantitative estimate of drug-likeness (QED) is 0.926. The standard InChI is InChI=1S/C15H20N4O/c1-11-4-3-5-13(10-11)14-17-15(20-18-14)12(2)19-8-6-16-7-9-19/h3-5,10,12,16H,6-9H2,1-2H3. The molecule has 1 aliphatic rings. The molecule has 1 fully saturated rings. The predicted octanol–water partition coefficient (Wildman–Crippen LogP) is 2.01. The molecule has 0 amide bonds. The number of hydrogen-bond acceptors (Lipinski definition) is 5. The Morgan fingerprint density at radius 1 is 1.30 bits per heavy atom. The SMILES string of the molecule is Cc1cccc(-c2noc(C(C)N3CCNCC3)n2)c1. The topological polar surface area (TPSA) is 54.2 Å². The van der Waals surface area contributed by atoms with Gasteiger partial charge >= 0.3 is 0 Å². The number of benzene rings is 1. The highest BCUT2D eigenvalue weighted by Gasteiger charge is 2.23. The molecule has 1 atom stereocenters. The molecule has 0 radical (unpaired) electrons. The third kappa shape index (κ3) is 2.73. The number of rotatable bonds is 3. The Morgan fingerprint density at radius 3 is 2.85 bits per heavy atom. The molecule has 1 aromatic carbocycles. The number of nitrogens with zero attached hydrogens (tertiary/aromatic N) is 3. The molecule has 2 aromatic rings. The molecule has 5 heteroatoms. The van der Waals surface area contributed by atoms with E-state index in [1.807, 2.05) is 12.1 Å². The summed E-state index contributed by atoms with van der Waals surface area (Å²) < 4.78 is 5.45. The number of nitrogens with one attached hydrogen (secondary N) is 1. The molecule has 0 bridgehead atoms. The molecule has 1 saturated heterocycles. The van der Waals surface area contributed by atoms with E-state index in [0.717, 1.165) is 31.7 Å². The lowest BCUT2D eigenvalue weighted by atomic mass is 10.1. The number of aromatic nitrogens is 2. The van der Waals surface area contributed by atoms with Crippen molar-refractivity contribution in [2.45, 2.75) is 19.9 Å². The van der Waals surface area contributed by atoms with Gasteiger partial charge in [-0.25, -0.2) is 0 Å². The Labute approximate surface area is 119 Å². The Kier molecular flexibility index (Phi) is 3.80. The first kappa shape index (κ1) is 13.3. The normalized spacial score (nSPS) is 18.1. The van der Waals surface area contributed by atoms with Crippen molar-refractivity contribution in [1.29, 1.82) is 0 Å². The molecule has 1 aromatic heterocycles. The number of aryl methyl sites for hydroxylation is 1. The summed E-state index contributed by atoms with van der Waals surface area (Å²) in [5, 5.41) is 7.47. The van der Waals surface area contributed by atoms with Gasteiger partial charge in [-0.1, -0.05) is 28.9 Å². The summed E-state index contributed by atoms with van der Waals surface area (Å²) in [6.45, 7) is 8.26. The van der Waals surface area contributed by atoms with Gasteiger partial charge in [-0.15, -0.1) is 0 Å². The largest absolute Gasteiger partial charge is 0.337 e.